The molecule has 0 amide bonds. The van der Waals surface area contributed by atoms with E-state index in [0.29, 0.717) is 6.08 Å². The highest BCUT2D eigenvalue weighted by atomic mass is 19.4. The second-order valence-electron chi connectivity index (χ2n) is 4.44. The maximum Gasteiger partial charge on any atom is 0.411 e. The fraction of sp³-hybridized carbons (Fsp3) is 0.294. The molecule has 0 nitrogen and oxygen atoms in total. The van der Waals surface area contributed by atoms with Crippen LogP contribution in [0.15, 0.2) is 72.9 Å². The van der Waals surface area contributed by atoms with Crippen molar-refractivity contribution in [3.05, 3.63) is 72.9 Å². The number of alkyl halides is 6. The molecular weight excluding hydrogens is 318 g/mol. The average molecular weight is 336 g/mol. The normalized spacial score (nSPS) is 15.5. The average Bonchev–Trinajstić information content (AvgIpc) is 2.40. The Kier molecular flexibility index (Phi) is 7.34. The van der Waals surface area contributed by atoms with Crippen molar-refractivity contribution in [1.29, 1.82) is 0 Å². The van der Waals surface area contributed by atoms with Gasteiger partial charge in [-0.15, -0.1) is 0 Å². The van der Waals surface area contributed by atoms with Crippen molar-refractivity contribution in [3.63, 3.8) is 0 Å². The van der Waals surface area contributed by atoms with Crippen LogP contribution in [0.4, 0.5) is 26.3 Å². The van der Waals surface area contributed by atoms with Crippen molar-refractivity contribution in [2.24, 2.45) is 5.41 Å². The summed E-state index contributed by atoms with van der Waals surface area (Å²) in [5.41, 5.74) is -6.06. The molecule has 0 aliphatic carbocycles. The molecule has 0 aliphatic heterocycles. The predicted molar refractivity (Wildman–Crippen MR) is 80.7 cm³/mol. The molecule has 0 saturated heterocycles. The van der Waals surface area contributed by atoms with Crippen molar-refractivity contribution >= 4 is 0 Å². The molecule has 6 heteroatoms. The summed E-state index contributed by atoms with van der Waals surface area (Å²) >= 11 is 0. The molecule has 0 unspecified atom stereocenters. The number of hydrogen-bond donors (Lipinski definition) is 0. The van der Waals surface area contributed by atoms with E-state index in [9.17, 15) is 26.3 Å². The van der Waals surface area contributed by atoms with Crippen LogP contribution in [-0.2, 0) is 0 Å². The van der Waals surface area contributed by atoms with E-state index in [1.807, 2.05) is 0 Å². The summed E-state index contributed by atoms with van der Waals surface area (Å²) in [5, 5.41) is 0. The van der Waals surface area contributed by atoms with Gasteiger partial charge in [0.1, 0.15) is 0 Å². The number of halogens is 6. The first-order chi connectivity index (χ1) is 10.5. The highest BCUT2D eigenvalue weighted by molar-refractivity contribution is 5.47. The zero-order chi connectivity index (χ0) is 18.3. The van der Waals surface area contributed by atoms with E-state index in [2.05, 4.69) is 13.2 Å². The van der Waals surface area contributed by atoms with Gasteiger partial charge in [-0.1, -0.05) is 61.8 Å². The van der Waals surface area contributed by atoms with Gasteiger partial charge in [-0.2, -0.15) is 26.3 Å². The standard InChI is InChI=1S/C17H18F6/c1-5-9-12-13(8-4)15(16(18,19)20,17(21,22)23)14(10-6-2)11-7-3/h5-12H,1-2H2,3-4H3/b11-7-,12-9-,13-8+,14-10+. The molecule has 0 aromatic rings. The third-order valence-electron chi connectivity index (χ3n) is 3.08. The SMILES string of the molecule is C=C/C=C\C(=C/C)C(C(/C=C\C)=C/C=C)(C(F)(F)F)C(F)(F)F. The van der Waals surface area contributed by atoms with Crippen LogP contribution in [0, 0.1) is 5.41 Å². The Morgan fingerprint density at radius 1 is 0.783 bits per heavy atom. The molecular formula is C17H18F6. The fourth-order valence-corrected chi connectivity index (χ4v) is 2.20. The summed E-state index contributed by atoms with van der Waals surface area (Å²) in [4.78, 5) is 0. The zero-order valence-electron chi connectivity index (χ0n) is 12.8. The quantitative estimate of drug-likeness (QED) is 0.385. The number of hydrogen-bond acceptors (Lipinski definition) is 0. The molecule has 0 saturated carbocycles. The number of rotatable bonds is 6. The van der Waals surface area contributed by atoms with Crippen LogP contribution in [0.5, 0.6) is 0 Å². The summed E-state index contributed by atoms with van der Waals surface area (Å²) in [6.07, 6.45) is -4.01. The third-order valence-corrected chi connectivity index (χ3v) is 3.08. The summed E-state index contributed by atoms with van der Waals surface area (Å²) < 4.78 is 82.2. The Morgan fingerprint density at radius 2 is 1.30 bits per heavy atom. The molecule has 128 valence electrons. The lowest BCUT2D eigenvalue weighted by Gasteiger charge is -2.39. The second-order valence-corrected chi connectivity index (χ2v) is 4.44. The summed E-state index contributed by atoms with van der Waals surface area (Å²) in [6.45, 7) is 8.94. The van der Waals surface area contributed by atoms with Crippen molar-refractivity contribution in [3.8, 4) is 0 Å². The van der Waals surface area contributed by atoms with Crippen molar-refractivity contribution in [2.75, 3.05) is 0 Å². The lowest BCUT2D eigenvalue weighted by Crippen LogP contribution is -2.52. The first-order valence-corrected chi connectivity index (χ1v) is 6.59. The molecule has 0 aliphatic rings. The molecule has 0 bridgehead atoms. The van der Waals surface area contributed by atoms with Crippen LogP contribution in [0.2, 0.25) is 0 Å². The summed E-state index contributed by atoms with van der Waals surface area (Å²) in [7, 11) is 0. The van der Waals surface area contributed by atoms with Crippen molar-refractivity contribution < 1.29 is 26.3 Å². The van der Waals surface area contributed by atoms with Gasteiger partial charge in [0.2, 0.25) is 5.41 Å². The van der Waals surface area contributed by atoms with Crippen LogP contribution < -0.4 is 0 Å². The minimum atomic E-state index is -5.60. The summed E-state index contributed by atoms with van der Waals surface area (Å²) in [5.74, 6) is 0. The first-order valence-electron chi connectivity index (χ1n) is 6.59. The van der Waals surface area contributed by atoms with Crippen LogP contribution in [-0.4, -0.2) is 12.4 Å². The van der Waals surface area contributed by atoms with E-state index in [-0.39, 0.29) is 0 Å². The van der Waals surface area contributed by atoms with Gasteiger partial charge in [0.25, 0.3) is 0 Å². The fourth-order valence-electron chi connectivity index (χ4n) is 2.20. The van der Waals surface area contributed by atoms with Crippen LogP contribution in [0.3, 0.4) is 0 Å². The van der Waals surface area contributed by atoms with Gasteiger partial charge in [0.05, 0.1) is 0 Å². The van der Waals surface area contributed by atoms with Gasteiger partial charge in [-0.3, -0.25) is 0 Å². The van der Waals surface area contributed by atoms with Crippen molar-refractivity contribution in [1.82, 2.24) is 0 Å². The lowest BCUT2D eigenvalue weighted by molar-refractivity contribution is -0.308. The Balaban J connectivity index is 7.05. The van der Waals surface area contributed by atoms with Gasteiger partial charge in [-0.05, 0) is 25.0 Å². The van der Waals surface area contributed by atoms with Gasteiger partial charge < -0.3 is 0 Å². The third kappa shape index (κ3) is 4.06. The predicted octanol–water partition coefficient (Wildman–Crippen LogP) is 6.47. The monoisotopic (exact) mass is 336 g/mol. The second kappa shape index (κ2) is 8.04. The molecule has 0 radical (unpaired) electrons. The molecule has 0 N–H and O–H groups in total. The first kappa shape index (κ1) is 21.0. The maximum absolute atomic E-state index is 13.7. The molecule has 0 atom stereocenters. The number of allylic oxidation sites excluding steroid dienone is 10. The Hall–Kier alpha value is -1.98. The van der Waals surface area contributed by atoms with E-state index < -0.39 is 28.9 Å². The van der Waals surface area contributed by atoms with Crippen molar-refractivity contribution in [2.45, 2.75) is 26.2 Å². The van der Waals surface area contributed by atoms with E-state index >= 15 is 0 Å². The van der Waals surface area contributed by atoms with E-state index in [1.165, 1.54) is 6.92 Å². The topological polar surface area (TPSA) is 0 Å². The van der Waals surface area contributed by atoms with Gasteiger partial charge >= 0.3 is 12.4 Å². The smallest absolute Gasteiger partial charge is 0.169 e. The Morgan fingerprint density at radius 3 is 1.61 bits per heavy atom. The molecule has 0 rings (SSSR count). The minimum absolute atomic E-state index is 0.715. The van der Waals surface area contributed by atoms with E-state index in [1.54, 1.807) is 0 Å². The molecule has 0 aromatic carbocycles. The molecule has 0 fully saturated rings. The zero-order valence-corrected chi connectivity index (χ0v) is 12.8. The van der Waals surface area contributed by atoms with Crippen LogP contribution >= 0.6 is 0 Å². The lowest BCUT2D eigenvalue weighted by atomic mass is 9.71. The maximum atomic E-state index is 13.7. The van der Waals surface area contributed by atoms with Crippen LogP contribution in [0.25, 0.3) is 0 Å². The highest BCUT2D eigenvalue weighted by Crippen LogP contribution is 2.60. The molecule has 0 spiro atoms. The van der Waals surface area contributed by atoms with Crippen LogP contribution in [0.1, 0.15) is 13.8 Å². The summed E-state index contributed by atoms with van der Waals surface area (Å²) in [6, 6.07) is 0. The van der Waals surface area contributed by atoms with Gasteiger partial charge in [0.15, 0.2) is 0 Å². The van der Waals surface area contributed by atoms with Gasteiger partial charge in [-0.25, -0.2) is 0 Å². The Labute approximate surface area is 131 Å². The molecule has 0 heterocycles. The molecule has 0 aromatic heterocycles. The molecule has 23 heavy (non-hydrogen) atoms. The minimum Gasteiger partial charge on any atom is -0.169 e. The highest BCUT2D eigenvalue weighted by Gasteiger charge is 2.73. The largest absolute Gasteiger partial charge is 0.411 e. The van der Waals surface area contributed by atoms with Gasteiger partial charge in [0, 0.05) is 0 Å². The Bertz CT molecular complexity index is 524. The van der Waals surface area contributed by atoms with E-state index in [4.69, 9.17) is 0 Å². The van der Waals surface area contributed by atoms with E-state index in [0.717, 1.165) is 49.5 Å².